The zero-order valence-electron chi connectivity index (χ0n) is 14.1. The number of amides is 1. The highest BCUT2D eigenvalue weighted by atomic mass is 19.4. The van der Waals surface area contributed by atoms with Gasteiger partial charge < -0.3 is 11.1 Å². The number of benzene rings is 1. The molecule has 0 bridgehead atoms. The molecule has 0 radical (unpaired) electrons. The number of nitrogens with two attached hydrogens (primary N) is 1. The number of hydrogen-bond acceptors (Lipinski definition) is 5. The smallest absolute Gasteiger partial charge is 0.364 e. The van der Waals surface area contributed by atoms with E-state index in [0.717, 1.165) is 12.1 Å². The molecule has 0 unspecified atom stereocenters. The Balaban J connectivity index is 2.24. The van der Waals surface area contributed by atoms with Gasteiger partial charge in [0.15, 0.2) is 5.71 Å². The number of carbonyl (C=O) groups excluding carboxylic acids is 1. The summed E-state index contributed by atoms with van der Waals surface area (Å²) in [5, 5.41) is 11.1. The van der Waals surface area contributed by atoms with Gasteiger partial charge in [-0.25, -0.2) is 9.37 Å². The van der Waals surface area contributed by atoms with Crippen molar-refractivity contribution in [1.82, 2.24) is 4.98 Å². The lowest BCUT2D eigenvalue weighted by molar-refractivity contribution is -0.137. The highest BCUT2D eigenvalue weighted by molar-refractivity contribution is 6.65. The molecule has 0 aliphatic carbocycles. The maximum atomic E-state index is 13.5. The van der Waals surface area contributed by atoms with Gasteiger partial charge >= 0.3 is 6.18 Å². The molecule has 2 aromatic rings. The molecule has 0 fully saturated rings. The second-order valence-electron chi connectivity index (χ2n) is 5.63. The average Bonchev–Trinajstić information content (AvgIpc) is 2.53. The van der Waals surface area contributed by atoms with Crippen molar-refractivity contribution in [3.8, 4) is 0 Å². The first-order chi connectivity index (χ1) is 12.6. The molecule has 6 nitrogen and oxygen atoms in total. The third kappa shape index (κ3) is 5.59. The number of nitrogens with one attached hydrogen (secondary N) is 2. The van der Waals surface area contributed by atoms with E-state index in [-0.39, 0.29) is 29.2 Å². The van der Waals surface area contributed by atoms with Crippen LogP contribution in [-0.4, -0.2) is 22.3 Å². The van der Waals surface area contributed by atoms with Gasteiger partial charge in [0.05, 0.1) is 11.3 Å². The zero-order valence-corrected chi connectivity index (χ0v) is 14.1. The van der Waals surface area contributed by atoms with Crippen LogP contribution in [0.15, 0.2) is 41.6 Å². The van der Waals surface area contributed by atoms with E-state index in [1.54, 1.807) is 6.07 Å². The topological polar surface area (TPSA) is 104 Å². The van der Waals surface area contributed by atoms with Crippen LogP contribution < -0.4 is 11.2 Å². The quantitative estimate of drug-likeness (QED) is 0.407. The van der Waals surface area contributed by atoms with Gasteiger partial charge in [0.25, 0.3) is 5.91 Å². The number of pyridine rings is 1. The molecule has 0 spiro atoms. The lowest BCUT2D eigenvalue weighted by Gasteiger charge is -2.10. The number of hydrazone groups is 1. The number of primary amides is 1. The van der Waals surface area contributed by atoms with E-state index >= 15 is 0 Å². The molecule has 1 aromatic carbocycles. The first-order valence-electron chi connectivity index (χ1n) is 7.57. The lowest BCUT2D eigenvalue weighted by atomic mass is 10.0. The summed E-state index contributed by atoms with van der Waals surface area (Å²) < 4.78 is 51.9. The van der Waals surface area contributed by atoms with Gasteiger partial charge in [0.1, 0.15) is 11.6 Å². The first kappa shape index (κ1) is 20.0. The molecule has 2 rings (SSSR count). The SMILES string of the molecule is CC(=N)/C(=N\Nc1cc(Cc2cc(F)cc(C(F)(F)F)c2)ccn1)C(N)=O. The third-order valence-electron chi connectivity index (χ3n) is 3.39. The van der Waals surface area contributed by atoms with Gasteiger partial charge in [-0.05, 0) is 54.8 Å². The summed E-state index contributed by atoms with van der Waals surface area (Å²) in [6.07, 6.45) is -3.25. The number of carbonyl (C=O) groups is 1. The summed E-state index contributed by atoms with van der Waals surface area (Å²) in [7, 11) is 0. The molecule has 1 aromatic heterocycles. The molecule has 1 amide bonds. The fourth-order valence-electron chi connectivity index (χ4n) is 2.23. The molecule has 1 heterocycles. The molecule has 142 valence electrons. The number of alkyl halides is 3. The maximum Gasteiger partial charge on any atom is 0.416 e. The van der Waals surface area contributed by atoms with Gasteiger partial charge in [-0.1, -0.05) is 0 Å². The predicted octanol–water partition coefficient (Wildman–Crippen LogP) is 3.12. The predicted molar refractivity (Wildman–Crippen MR) is 92.1 cm³/mol. The van der Waals surface area contributed by atoms with Crippen LogP contribution in [0.5, 0.6) is 0 Å². The fraction of sp³-hybridized carbons (Fsp3) is 0.176. The maximum absolute atomic E-state index is 13.5. The van der Waals surface area contributed by atoms with Crippen molar-refractivity contribution in [2.75, 3.05) is 5.43 Å². The van der Waals surface area contributed by atoms with Gasteiger partial charge in [-0.2, -0.15) is 18.3 Å². The van der Waals surface area contributed by atoms with Gasteiger partial charge in [-0.15, -0.1) is 0 Å². The summed E-state index contributed by atoms with van der Waals surface area (Å²) in [5.74, 6) is -1.70. The molecular weight excluding hydrogens is 366 g/mol. The first-order valence-corrected chi connectivity index (χ1v) is 7.57. The molecule has 0 saturated carbocycles. The molecule has 0 atom stereocenters. The van der Waals surface area contributed by atoms with Gasteiger partial charge in [0, 0.05) is 6.20 Å². The Hall–Kier alpha value is -3.30. The normalized spacial score (nSPS) is 12.0. The standard InChI is InChI=1S/C17H15F4N5O/c1-9(22)15(16(23)27)26-25-14-7-10(2-3-24-14)4-11-5-12(17(19,20)21)8-13(18)6-11/h2-3,5-8,22H,4H2,1H3,(H2,23,27)(H,24,25)/b22-9?,26-15+. The third-order valence-corrected chi connectivity index (χ3v) is 3.39. The van der Waals surface area contributed by atoms with Crippen LogP contribution in [0.4, 0.5) is 23.4 Å². The monoisotopic (exact) mass is 381 g/mol. The van der Waals surface area contributed by atoms with Crippen molar-refractivity contribution in [2.45, 2.75) is 19.5 Å². The molecule has 0 aliphatic heterocycles. The minimum absolute atomic E-state index is 0.0219. The van der Waals surface area contributed by atoms with Crippen LogP contribution >= 0.6 is 0 Å². The van der Waals surface area contributed by atoms with Crippen molar-refractivity contribution >= 4 is 23.1 Å². The van der Waals surface area contributed by atoms with E-state index in [4.69, 9.17) is 11.1 Å². The number of halogens is 4. The van der Waals surface area contributed by atoms with E-state index in [1.165, 1.54) is 19.2 Å². The van der Waals surface area contributed by atoms with Crippen molar-refractivity contribution in [1.29, 1.82) is 5.41 Å². The van der Waals surface area contributed by atoms with Crippen LogP contribution in [0.2, 0.25) is 0 Å². The Morgan fingerprint density at radius 2 is 1.96 bits per heavy atom. The minimum atomic E-state index is -4.65. The highest BCUT2D eigenvalue weighted by Crippen LogP contribution is 2.31. The number of nitrogens with zero attached hydrogens (tertiary/aromatic N) is 2. The number of rotatable bonds is 6. The van der Waals surface area contributed by atoms with Crippen LogP contribution in [0, 0.1) is 11.2 Å². The molecule has 10 heteroatoms. The fourth-order valence-corrected chi connectivity index (χ4v) is 2.23. The van der Waals surface area contributed by atoms with Crippen LogP contribution in [0.1, 0.15) is 23.6 Å². The Morgan fingerprint density at radius 3 is 2.56 bits per heavy atom. The van der Waals surface area contributed by atoms with Crippen molar-refractivity contribution in [3.05, 3.63) is 59.0 Å². The van der Waals surface area contributed by atoms with E-state index < -0.39 is 23.5 Å². The second-order valence-corrected chi connectivity index (χ2v) is 5.63. The van der Waals surface area contributed by atoms with Crippen LogP contribution in [0.3, 0.4) is 0 Å². The van der Waals surface area contributed by atoms with E-state index in [2.05, 4.69) is 15.5 Å². The average molecular weight is 381 g/mol. The molecule has 27 heavy (non-hydrogen) atoms. The largest absolute Gasteiger partial charge is 0.416 e. The number of hydrogen-bond donors (Lipinski definition) is 3. The Labute approximate surface area is 151 Å². The molecule has 4 N–H and O–H groups in total. The Morgan fingerprint density at radius 1 is 1.26 bits per heavy atom. The molecule has 0 saturated heterocycles. The van der Waals surface area contributed by atoms with Crippen molar-refractivity contribution in [3.63, 3.8) is 0 Å². The number of aromatic nitrogens is 1. The number of anilines is 1. The Kier molecular flexibility index (Phi) is 5.88. The molecular formula is C17H15F4N5O. The van der Waals surface area contributed by atoms with E-state index in [1.807, 2.05) is 0 Å². The zero-order chi connectivity index (χ0) is 20.2. The van der Waals surface area contributed by atoms with Gasteiger partial charge in [0.2, 0.25) is 0 Å². The summed E-state index contributed by atoms with van der Waals surface area (Å²) >= 11 is 0. The second kappa shape index (κ2) is 7.94. The van der Waals surface area contributed by atoms with E-state index in [9.17, 15) is 22.4 Å². The van der Waals surface area contributed by atoms with Gasteiger partial charge in [-0.3, -0.25) is 10.2 Å². The Bertz CT molecular complexity index is 892. The van der Waals surface area contributed by atoms with Crippen molar-refractivity contribution < 1.29 is 22.4 Å². The summed E-state index contributed by atoms with van der Waals surface area (Å²) in [4.78, 5) is 15.1. The summed E-state index contributed by atoms with van der Waals surface area (Å²) in [6, 6.07) is 5.34. The van der Waals surface area contributed by atoms with Crippen molar-refractivity contribution in [2.24, 2.45) is 10.8 Å². The van der Waals surface area contributed by atoms with Crippen LogP contribution in [0.25, 0.3) is 0 Å². The minimum Gasteiger partial charge on any atom is -0.364 e. The lowest BCUT2D eigenvalue weighted by Crippen LogP contribution is -2.29. The summed E-state index contributed by atoms with van der Waals surface area (Å²) in [5.41, 5.74) is 6.73. The highest BCUT2D eigenvalue weighted by Gasteiger charge is 2.31. The summed E-state index contributed by atoms with van der Waals surface area (Å²) in [6.45, 7) is 1.33. The molecule has 0 aliphatic rings. The van der Waals surface area contributed by atoms with Crippen LogP contribution in [-0.2, 0) is 17.4 Å². The van der Waals surface area contributed by atoms with E-state index in [0.29, 0.717) is 11.6 Å².